The molecule has 0 fully saturated rings. The van der Waals surface area contributed by atoms with Crippen molar-refractivity contribution in [2.24, 2.45) is 0 Å². The molecule has 0 heterocycles. The summed E-state index contributed by atoms with van der Waals surface area (Å²) < 4.78 is 47.6. The average molecular weight is 659 g/mol. The van der Waals surface area contributed by atoms with Crippen molar-refractivity contribution in [1.82, 2.24) is 10.6 Å². The first-order chi connectivity index (χ1) is 22.6. The van der Waals surface area contributed by atoms with Crippen molar-refractivity contribution in [2.75, 3.05) is 106 Å². The van der Waals surface area contributed by atoms with Crippen LogP contribution in [0, 0.1) is 0 Å². The van der Waals surface area contributed by atoms with Crippen molar-refractivity contribution < 1.29 is 57.0 Å². The van der Waals surface area contributed by atoms with Crippen LogP contribution in [0.15, 0.2) is 30.3 Å². The third-order valence-electron chi connectivity index (χ3n) is 6.07. The third kappa shape index (κ3) is 25.4. The molecule has 1 unspecified atom stereocenters. The molecule has 0 aliphatic rings. The van der Waals surface area contributed by atoms with Gasteiger partial charge in [0.05, 0.1) is 92.5 Å². The SMILES string of the molecule is CCOC(=O)C(CCCCNC(=O)OCc1ccccc1)NC(=O)CCOCCOCCOCCOCCOCCOCCOC. The quantitative estimate of drug-likeness (QED) is 0.0887. The van der Waals surface area contributed by atoms with Gasteiger partial charge in [-0.2, -0.15) is 0 Å². The van der Waals surface area contributed by atoms with Crippen LogP contribution in [0.1, 0.15) is 38.2 Å². The molecule has 0 radical (unpaired) electrons. The number of esters is 1. The Morgan fingerprint density at radius 2 is 1.20 bits per heavy atom. The van der Waals surface area contributed by atoms with Gasteiger partial charge in [-0.05, 0) is 31.7 Å². The lowest BCUT2D eigenvalue weighted by Crippen LogP contribution is -2.42. The van der Waals surface area contributed by atoms with Gasteiger partial charge in [0.2, 0.25) is 5.91 Å². The van der Waals surface area contributed by atoms with E-state index in [1.165, 1.54) is 0 Å². The first-order valence-electron chi connectivity index (χ1n) is 15.9. The van der Waals surface area contributed by atoms with E-state index in [1.54, 1.807) is 14.0 Å². The zero-order chi connectivity index (χ0) is 33.3. The maximum absolute atomic E-state index is 12.4. The molecule has 0 aliphatic heterocycles. The van der Waals surface area contributed by atoms with Crippen LogP contribution in [-0.2, 0) is 58.8 Å². The molecule has 1 aromatic rings. The molecule has 0 saturated heterocycles. The Bertz CT molecular complexity index is 878. The molecule has 2 N–H and O–H groups in total. The second-order valence-corrected chi connectivity index (χ2v) is 9.77. The molecule has 2 amide bonds. The van der Waals surface area contributed by atoms with Gasteiger partial charge >= 0.3 is 12.1 Å². The highest BCUT2D eigenvalue weighted by atomic mass is 16.6. The Balaban J connectivity index is 1.98. The van der Waals surface area contributed by atoms with Crippen molar-refractivity contribution in [3.8, 4) is 0 Å². The molecule has 1 aromatic carbocycles. The van der Waals surface area contributed by atoms with E-state index in [2.05, 4.69) is 10.6 Å². The summed E-state index contributed by atoms with van der Waals surface area (Å²) in [6, 6.07) is 8.63. The van der Waals surface area contributed by atoms with E-state index < -0.39 is 18.1 Å². The minimum atomic E-state index is -0.768. The van der Waals surface area contributed by atoms with Crippen molar-refractivity contribution >= 4 is 18.0 Å². The number of alkyl carbamates (subject to hydrolysis) is 1. The molecule has 0 bridgehead atoms. The molecule has 1 atom stereocenters. The first-order valence-corrected chi connectivity index (χ1v) is 15.9. The summed E-state index contributed by atoms with van der Waals surface area (Å²) in [7, 11) is 1.63. The highest BCUT2D eigenvalue weighted by Crippen LogP contribution is 2.05. The van der Waals surface area contributed by atoms with Crippen LogP contribution in [-0.4, -0.2) is 130 Å². The van der Waals surface area contributed by atoms with Gasteiger partial charge in [0.25, 0.3) is 0 Å². The lowest BCUT2D eigenvalue weighted by Gasteiger charge is -2.17. The minimum Gasteiger partial charge on any atom is -0.464 e. The largest absolute Gasteiger partial charge is 0.464 e. The van der Waals surface area contributed by atoms with Gasteiger partial charge in [0, 0.05) is 20.1 Å². The standard InChI is InChI=1S/C32H54N2O12/c1-3-45-31(36)29(11-7-8-13-33-32(37)46-27-28-9-5-4-6-10-28)34-30(35)12-14-39-17-18-41-21-22-43-25-26-44-24-23-42-20-19-40-16-15-38-2/h4-6,9-10,29H,3,7-8,11-27H2,1-2H3,(H,33,37)(H,34,35). The number of rotatable bonds is 31. The number of carbonyl (C=O) groups excluding carboxylic acids is 3. The monoisotopic (exact) mass is 658 g/mol. The number of unbranched alkanes of at least 4 members (excludes halogenated alkanes) is 1. The van der Waals surface area contributed by atoms with Crippen molar-refractivity contribution in [3.63, 3.8) is 0 Å². The number of hydrogen-bond acceptors (Lipinski definition) is 12. The zero-order valence-corrected chi connectivity index (χ0v) is 27.5. The van der Waals surface area contributed by atoms with Crippen LogP contribution >= 0.6 is 0 Å². The number of hydrogen-bond donors (Lipinski definition) is 2. The van der Waals surface area contributed by atoms with Crippen LogP contribution in [0.3, 0.4) is 0 Å². The number of methoxy groups -OCH3 is 1. The van der Waals surface area contributed by atoms with Crippen LogP contribution in [0.2, 0.25) is 0 Å². The van der Waals surface area contributed by atoms with E-state index in [-0.39, 0.29) is 32.1 Å². The number of ether oxygens (including phenoxy) is 9. The van der Waals surface area contributed by atoms with Crippen molar-refractivity contribution in [1.29, 1.82) is 0 Å². The number of carbonyl (C=O) groups is 3. The second kappa shape index (κ2) is 30.8. The summed E-state index contributed by atoms with van der Waals surface area (Å²) in [5.74, 6) is -0.797. The molecule has 264 valence electrons. The van der Waals surface area contributed by atoms with Crippen LogP contribution in [0.4, 0.5) is 4.79 Å². The highest BCUT2D eigenvalue weighted by Gasteiger charge is 2.21. The zero-order valence-electron chi connectivity index (χ0n) is 27.5. The predicted octanol–water partition coefficient (Wildman–Crippen LogP) is 2.27. The first kappa shape index (κ1) is 41.2. The van der Waals surface area contributed by atoms with Crippen molar-refractivity contribution in [3.05, 3.63) is 35.9 Å². The molecule has 1 rings (SSSR count). The van der Waals surface area contributed by atoms with Gasteiger partial charge in [0.1, 0.15) is 12.6 Å². The van der Waals surface area contributed by atoms with E-state index in [0.29, 0.717) is 105 Å². The molecule has 14 heteroatoms. The van der Waals surface area contributed by atoms with Crippen molar-refractivity contribution in [2.45, 2.75) is 45.3 Å². The fourth-order valence-electron chi connectivity index (χ4n) is 3.71. The topological polar surface area (TPSA) is 158 Å². The number of amides is 2. The fourth-order valence-corrected chi connectivity index (χ4v) is 3.71. The predicted molar refractivity (Wildman–Crippen MR) is 168 cm³/mol. The minimum absolute atomic E-state index is 0.0982. The van der Waals surface area contributed by atoms with E-state index in [4.69, 9.17) is 42.6 Å². The van der Waals surface area contributed by atoms with Gasteiger partial charge < -0.3 is 53.3 Å². The fraction of sp³-hybridized carbons (Fsp3) is 0.719. The van der Waals surface area contributed by atoms with Crippen LogP contribution in [0.5, 0.6) is 0 Å². The maximum atomic E-state index is 12.4. The van der Waals surface area contributed by atoms with Gasteiger partial charge in [-0.15, -0.1) is 0 Å². The Kier molecular flexibility index (Phi) is 27.6. The lowest BCUT2D eigenvalue weighted by atomic mass is 10.1. The molecule has 46 heavy (non-hydrogen) atoms. The van der Waals surface area contributed by atoms with E-state index in [1.807, 2.05) is 30.3 Å². The van der Waals surface area contributed by atoms with Crippen LogP contribution < -0.4 is 10.6 Å². The average Bonchev–Trinajstić information content (AvgIpc) is 3.06. The summed E-state index contributed by atoms with van der Waals surface area (Å²) in [4.78, 5) is 36.6. The molecule has 0 aliphatic carbocycles. The number of nitrogens with one attached hydrogen (secondary N) is 2. The smallest absolute Gasteiger partial charge is 0.407 e. The summed E-state index contributed by atoms with van der Waals surface area (Å²) in [5.41, 5.74) is 0.902. The molecule has 14 nitrogen and oxygen atoms in total. The van der Waals surface area contributed by atoms with Gasteiger partial charge in [-0.3, -0.25) is 4.79 Å². The Labute approximate surface area is 273 Å². The summed E-state index contributed by atoms with van der Waals surface area (Å²) in [5, 5.41) is 5.41. The highest BCUT2D eigenvalue weighted by molar-refractivity contribution is 5.84. The van der Waals surface area contributed by atoms with Gasteiger partial charge in [0.15, 0.2) is 0 Å². The van der Waals surface area contributed by atoms with E-state index in [9.17, 15) is 14.4 Å². The molecule has 0 saturated carbocycles. The Morgan fingerprint density at radius 1 is 0.674 bits per heavy atom. The maximum Gasteiger partial charge on any atom is 0.407 e. The van der Waals surface area contributed by atoms with Gasteiger partial charge in [-0.1, -0.05) is 30.3 Å². The molecular formula is C32H54N2O12. The molecular weight excluding hydrogens is 604 g/mol. The summed E-state index contributed by atoms with van der Waals surface area (Å²) in [6.07, 6.45) is 1.18. The molecule has 0 aromatic heterocycles. The second-order valence-electron chi connectivity index (χ2n) is 9.77. The summed E-state index contributed by atoms with van der Waals surface area (Å²) in [6.45, 7) is 8.35. The normalized spacial score (nSPS) is 11.6. The lowest BCUT2D eigenvalue weighted by molar-refractivity contribution is -0.147. The van der Waals surface area contributed by atoms with Gasteiger partial charge in [-0.25, -0.2) is 9.59 Å². The Morgan fingerprint density at radius 3 is 1.72 bits per heavy atom. The number of benzene rings is 1. The van der Waals surface area contributed by atoms with E-state index >= 15 is 0 Å². The van der Waals surface area contributed by atoms with E-state index in [0.717, 1.165) is 5.56 Å². The summed E-state index contributed by atoms with van der Waals surface area (Å²) >= 11 is 0. The molecule has 0 spiro atoms. The third-order valence-corrected chi connectivity index (χ3v) is 6.07. The Hall–Kier alpha value is -2.85. The van der Waals surface area contributed by atoms with Crippen LogP contribution in [0.25, 0.3) is 0 Å².